The highest BCUT2D eigenvalue weighted by Gasteiger charge is 2.30. The first-order valence-electron chi connectivity index (χ1n) is 8.70. The number of anilines is 1. The molecule has 29 heavy (non-hydrogen) atoms. The summed E-state index contributed by atoms with van der Waals surface area (Å²) in [7, 11) is 1.24. The molecule has 0 aliphatic heterocycles. The number of hydrogen-bond acceptors (Lipinski definition) is 8. The van der Waals surface area contributed by atoms with Crippen molar-refractivity contribution in [2.75, 3.05) is 12.4 Å². The van der Waals surface area contributed by atoms with Gasteiger partial charge in [-0.1, -0.05) is 6.92 Å². The standard InChI is InChI=1S/C18H17N3O7S/c1-9-3-5-12-14(7-9)29-17(15(12)18(23)28-2)19-16(22)11-6-4-10(20(24)25)8-13(11)21(26)27/h4,6,8-9H,3,5,7H2,1-2H3,(H,19,22)/t9-/m0/s1. The number of nitrogens with one attached hydrogen (secondary N) is 1. The van der Waals surface area contributed by atoms with Gasteiger partial charge in [0.05, 0.1) is 28.6 Å². The molecule has 0 saturated heterocycles. The molecule has 3 rings (SSSR count). The van der Waals surface area contributed by atoms with Gasteiger partial charge in [0.15, 0.2) is 0 Å². The summed E-state index contributed by atoms with van der Waals surface area (Å²) in [6.45, 7) is 2.10. The zero-order valence-electron chi connectivity index (χ0n) is 15.6. The second-order valence-electron chi connectivity index (χ2n) is 6.72. The molecule has 0 spiro atoms. The number of benzene rings is 1. The normalized spacial score (nSPS) is 15.3. The Morgan fingerprint density at radius 1 is 1.24 bits per heavy atom. The maximum atomic E-state index is 12.7. The molecule has 2 aromatic rings. The Labute approximate surface area is 168 Å². The molecule has 1 aromatic heterocycles. The number of fused-ring (bicyclic) bond motifs is 1. The number of nitro groups is 2. The van der Waals surface area contributed by atoms with Crippen molar-refractivity contribution < 1.29 is 24.2 Å². The second-order valence-corrected chi connectivity index (χ2v) is 7.82. The molecule has 1 heterocycles. The third-order valence-electron chi connectivity index (χ3n) is 4.76. The fraction of sp³-hybridized carbons (Fsp3) is 0.333. The number of amides is 1. The van der Waals surface area contributed by atoms with E-state index in [4.69, 9.17) is 4.74 Å². The van der Waals surface area contributed by atoms with Crippen molar-refractivity contribution in [1.29, 1.82) is 0 Å². The monoisotopic (exact) mass is 419 g/mol. The van der Waals surface area contributed by atoms with E-state index < -0.39 is 33.1 Å². The molecule has 0 fully saturated rings. The van der Waals surface area contributed by atoms with Crippen LogP contribution in [0.25, 0.3) is 0 Å². The first-order chi connectivity index (χ1) is 13.7. The van der Waals surface area contributed by atoms with E-state index in [0.717, 1.165) is 41.5 Å². The molecular formula is C18H17N3O7S. The van der Waals surface area contributed by atoms with Crippen LogP contribution in [0.4, 0.5) is 16.4 Å². The predicted molar refractivity (Wildman–Crippen MR) is 105 cm³/mol. The van der Waals surface area contributed by atoms with Crippen molar-refractivity contribution in [3.8, 4) is 0 Å². The number of esters is 1. The molecule has 0 radical (unpaired) electrons. The zero-order valence-corrected chi connectivity index (χ0v) is 16.4. The van der Waals surface area contributed by atoms with E-state index in [-0.39, 0.29) is 16.1 Å². The number of methoxy groups -OCH3 is 1. The molecule has 1 N–H and O–H groups in total. The Bertz CT molecular complexity index is 1030. The van der Waals surface area contributed by atoms with E-state index in [9.17, 15) is 29.8 Å². The molecule has 1 aromatic carbocycles. The molecule has 0 bridgehead atoms. The number of non-ortho nitro benzene ring substituents is 1. The lowest BCUT2D eigenvalue weighted by Crippen LogP contribution is -2.17. The van der Waals surface area contributed by atoms with Gasteiger partial charge in [-0.15, -0.1) is 11.3 Å². The number of carbonyl (C=O) groups excluding carboxylic acids is 2. The summed E-state index contributed by atoms with van der Waals surface area (Å²) in [5.74, 6) is -0.986. The third-order valence-corrected chi connectivity index (χ3v) is 5.93. The number of rotatable bonds is 5. The first-order valence-corrected chi connectivity index (χ1v) is 9.51. The van der Waals surface area contributed by atoms with Crippen molar-refractivity contribution in [2.45, 2.75) is 26.2 Å². The average Bonchev–Trinajstić information content (AvgIpc) is 3.03. The summed E-state index contributed by atoms with van der Waals surface area (Å²) in [6.07, 6.45) is 2.33. The van der Waals surface area contributed by atoms with E-state index in [1.807, 2.05) is 0 Å². The minimum absolute atomic E-state index is 0.258. The van der Waals surface area contributed by atoms with Crippen LogP contribution in [0.3, 0.4) is 0 Å². The zero-order chi connectivity index (χ0) is 21.3. The average molecular weight is 419 g/mol. The van der Waals surface area contributed by atoms with E-state index in [1.54, 1.807) is 0 Å². The maximum Gasteiger partial charge on any atom is 0.341 e. The highest BCUT2D eigenvalue weighted by Crippen LogP contribution is 2.40. The van der Waals surface area contributed by atoms with Gasteiger partial charge < -0.3 is 10.1 Å². The minimum atomic E-state index is -0.857. The quantitative estimate of drug-likeness (QED) is 0.442. The summed E-state index contributed by atoms with van der Waals surface area (Å²) in [5.41, 5.74) is -0.433. The highest BCUT2D eigenvalue weighted by molar-refractivity contribution is 7.17. The Hall–Kier alpha value is -3.34. The third kappa shape index (κ3) is 3.94. The van der Waals surface area contributed by atoms with Crippen LogP contribution < -0.4 is 5.32 Å². The number of nitrogens with zero attached hydrogens (tertiary/aromatic N) is 2. The van der Waals surface area contributed by atoms with Crippen LogP contribution in [-0.2, 0) is 17.6 Å². The molecule has 152 valence electrons. The summed E-state index contributed by atoms with van der Waals surface area (Å²) < 4.78 is 4.85. The lowest BCUT2D eigenvalue weighted by molar-refractivity contribution is -0.394. The van der Waals surface area contributed by atoms with Gasteiger partial charge in [-0.05, 0) is 36.8 Å². The van der Waals surface area contributed by atoms with Crippen LogP contribution in [-0.4, -0.2) is 28.8 Å². The van der Waals surface area contributed by atoms with Crippen molar-refractivity contribution >= 4 is 39.6 Å². The van der Waals surface area contributed by atoms with Gasteiger partial charge in [0.2, 0.25) is 0 Å². The van der Waals surface area contributed by atoms with E-state index >= 15 is 0 Å². The van der Waals surface area contributed by atoms with E-state index in [0.29, 0.717) is 12.3 Å². The van der Waals surface area contributed by atoms with E-state index in [2.05, 4.69) is 12.2 Å². The van der Waals surface area contributed by atoms with Gasteiger partial charge in [-0.3, -0.25) is 25.0 Å². The number of ether oxygens (including phenoxy) is 1. The second kappa shape index (κ2) is 7.95. The molecule has 1 atom stereocenters. The van der Waals surface area contributed by atoms with Gasteiger partial charge in [-0.2, -0.15) is 0 Å². The Balaban J connectivity index is 2.00. The molecule has 0 saturated carbocycles. The largest absolute Gasteiger partial charge is 0.465 e. The fourth-order valence-electron chi connectivity index (χ4n) is 3.30. The topological polar surface area (TPSA) is 142 Å². The van der Waals surface area contributed by atoms with Crippen LogP contribution in [0.1, 0.15) is 44.5 Å². The number of carbonyl (C=O) groups is 2. The van der Waals surface area contributed by atoms with Crippen LogP contribution in [0, 0.1) is 26.1 Å². The summed E-state index contributed by atoms with van der Waals surface area (Å²) >= 11 is 1.24. The fourth-order valence-corrected chi connectivity index (χ4v) is 4.70. The summed E-state index contributed by atoms with van der Waals surface area (Å²) in [6, 6.07) is 2.78. The Morgan fingerprint density at radius 2 is 1.97 bits per heavy atom. The Kier molecular flexibility index (Phi) is 5.59. The predicted octanol–water partition coefficient (Wildman–Crippen LogP) is 3.73. The Morgan fingerprint density at radius 3 is 2.59 bits per heavy atom. The van der Waals surface area contributed by atoms with Crippen LogP contribution >= 0.6 is 11.3 Å². The van der Waals surface area contributed by atoms with Crippen LogP contribution in [0.15, 0.2) is 18.2 Å². The molecule has 10 nitrogen and oxygen atoms in total. The van der Waals surface area contributed by atoms with Crippen LogP contribution in [0.2, 0.25) is 0 Å². The molecule has 11 heteroatoms. The summed E-state index contributed by atoms with van der Waals surface area (Å²) in [5, 5.41) is 25.0. The number of thiophene rings is 1. The SMILES string of the molecule is COC(=O)c1c(NC(=O)c2ccc([N+](=O)[O-])cc2[N+](=O)[O-])sc2c1CC[C@H](C)C2. The smallest absolute Gasteiger partial charge is 0.341 e. The molecule has 1 aliphatic rings. The molecular weight excluding hydrogens is 402 g/mol. The maximum absolute atomic E-state index is 12.7. The van der Waals surface area contributed by atoms with Crippen LogP contribution in [0.5, 0.6) is 0 Å². The van der Waals surface area contributed by atoms with Crippen molar-refractivity contribution in [3.63, 3.8) is 0 Å². The van der Waals surface area contributed by atoms with Gasteiger partial charge in [0.1, 0.15) is 10.6 Å². The van der Waals surface area contributed by atoms with E-state index in [1.165, 1.54) is 18.4 Å². The lowest BCUT2D eigenvalue weighted by Gasteiger charge is -2.18. The first kappa shape index (κ1) is 20.4. The van der Waals surface area contributed by atoms with Crippen molar-refractivity contribution in [1.82, 2.24) is 0 Å². The summed E-state index contributed by atoms with van der Waals surface area (Å²) in [4.78, 5) is 46.5. The molecule has 1 aliphatic carbocycles. The number of nitro benzene ring substituents is 2. The van der Waals surface area contributed by atoms with Crippen molar-refractivity contribution in [2.24, 2.45) is 5.92 Å². The highest BCUT2D eigenvalue weighted by atomic mass is 32.1. The minimum Gasteiger partial charge on any atom is -0.465 e. The molecule has 0 unspecified atom stereocenters. The van der Waals surface area contributed by atoms with Gasteiger partial charge in [-0.25, -0.2) is 4.79 Å². The van der Waals surface area contributed by atoms with Crippen molar-refractivity contribution in [3.05, 3.63) is 60.0 Å². The van der Waals surface area contributed by atoms with Gasteiger partial charge >= 0.3 is 5.97 Å². The lowest BCUT2D eigenvalue weighted by atomic mass is 9.88. The molecule has 1 amide bonds. The van der Waals surface area contributed by atoms with Gasteiger partial charge in [0.25, 0.3) is 17.3 Å². The van der Waals surface area contributed by atoms with Gasteiger partial charge in [0, 0.05) is 10.9 Å². The number of hydrogen-bond donors (Lipinski definition) is 1.